The van der Waals surface area contributed by atoms with Crippen molar-refractivity contribution in [1.29, 1.82) is 5.26 Å². The van der Waals surface area contributed by atoms with Crippen LogP contribution in [0.15, 0.2) is 46.2 Å². The number of hydrogen-bond acceptors (Lipinski definition) is 16. The molecule has 0 unspecified atom stereocenters. The molecule has 0 bridgehead atoms. The van der Waals surface area contributed by atoms with Gasteiger partial charge in [-0.1, -0.05) is 0 Å². The summed E-state index contributed by atoms with van der Waals surface area (Å²) in [5.41, 5.74) is 3.75. The maximum atomic E-state index is 11.5. The van der Waals surface area contributed by atoms with Crippen LogP contribution in [0.4, 0.5) is 22.7 Å². The van der Waals surface area contributed by atoms with Crippen LogP contribution < -0.4 is 29.4 Å². The summed E-state index contributed by atoms with van der Waals surface area (Å²) in [4.78, 5) is 60.4. The van der Waals surface area contributed by atoms with Crippen LogP contribution in [0.3, 0.4) is 0 Å². The van der Waals surface area contributed by atoms with Gasteiger partial charge in [-0.3, -0.25) is 44.0 Å². The SMILES string of the molecule is CC#N.COC(=O)CC(=O)Cl.COC(=O)CC(=O)Nc1ccc([N+](=O)[O-])cc1S(N)(=O)=O.II.I[I-]I.Nc1ccc([N+](=O)[O-])cc1S(=O)(=O)O. The number of non-ortho nitro benzene ring substituents is 2. The maximum absolute atomic E-state index is 11.5. The topological polar surface area (TPSA) is 349 Å². The first kappa shape index (κ1) is 56.1. The van der Waals surface area contributed by atoms with Crippen LogP contribution >= 0.6 is 86.1 Å². The van der Waals surface area contributed by atoms with Crippen LogP contribution in [0.25, 0.3) is 0 Å². The number of ether oxygens (including phenoxy) is 2. The zero-order valence-corrected chi connectivity index (χ0v) is 38.8. The number of nitrogens with two attached hydrogens (primary N) is 2. The fourth-order valence-corrected chi connectivity index (χ4v) is 3.86. The Bertz CT molecular complexity index is 1770. The molecule has 0 saturated heterocycles. The number of hydrogen-bond donors (Lipinski definition) is 4. The van der Waals surface area contributed by atoms with Gasteiger partial charge < -0.3 is 20.5 Å². The van der Waals surface area contributed by atoms with Crippen LogP contribution in [-0.4, -0.2) is 68.5 Å². The smallest absolute Gasteiger partial charge is 0.296 e. The molecule has 0 heterocycles. The standard InChI is InChI=1S/C10H11N3O7S.C6H6N2O5S.C4H5ClO3.C2H3N.I3.I2/c1-20-10(15)5-9(14)12-7-3-2-6(13(16)17)4-8(7)21(11,18)19;7-5-2-1-4(8(9)10)3-6(5)14(11,12)13;1-8-4(7)2-3(5)6;1-2-3;1-3-2;1-2/h2-4H,5H2,1H3,(H,12,14)(H2,11,18,19);1-3H,7H2,(H,11,12,13);2H2,1H3;1H3;;/q;;;;-1;. The van der Waals surface area contributed by atoms with Gasteiger partial charge in [0, 0.05) is 68.4 Å². The number of esters is 2. The van der Waals surface area contributed by atoms with Gasteiger partial charge in [0.2, 0.25) is 21.2 Å². The summed E-state index contributed by atoms with van der Waals surface area (Å²) in [6.07, 6.45) is -0.990. The first-order valence-electron chi connectivity index (χ1n) is 11.7. The van der Waals surface area contributed by atoms with Crippen LogP contribution in [0.5, 0.6) is 0 Å². The van der Waals surface area contributed by atoms with Gasteiger partial charge in [0.25, 0.3) is 21.5 Å². The van der Waals surface area contributed by atoms with Gasteiger partial charge in [0.1, 0.15) is 22.6 Å². The molecule has 21 nitrogen and oxygen atoms in total. The fraction of sp³-hybridized carbons (Fsp3) is 0.227. The molecule has 0 fully saturated rings. The van der Waals surface area contributed by atoms with E-state index in [1.807, 2.05) is 0 Å². The Kier molecular flexibility index (Phi) is 33.9. The number of anilines is 2. The summed E-state index contributed by atoms with van der Waals surface area (Å²) < 4.78 is 61.2. The summed E-state index contributed by atoms with van der Waals surface area (Å²) in [6, 6.07) is 7.24. The summed E-state index contributed by atoms with van der Waals surface area (Å²) in [5.74, 6) is -2.28. The number of sulfonamides is 1. The third-order valence-corrected chi connectivity index (χ3v) is 6.28. The first-order valence-corrected chi connectivity index (χ1v) is 34.0. The number of methoxy groups -OCH3 is 2. The van der Waals surface area contributed by atoms with E-state index in [1.165, 1.54) is 14.0 Å². The van der Waals surface area contributed by atoms with Crippen molar-refractivity contribution >= 4 is 152 Å². The van der Waals surface area contributed by atoms with Gasteiger partial charge in [0.15, 0.2) is 0 Å². The molecule has 51 heavy (non-hydrogen) atoms. The van der Waals surface area contributed by atoms with Crippen molar-refractivity contribution in [3.63, 3.8) is 0 Å². The minimum Gasteiger partial charge on any atom is -0.398 e. The summed E-state index contributed by atoms with van der Waals surface area (Å²) in [5, 5.41) is 34.6. The van der Waals surface area contributed by atoms with E-state index in [2.05, 4.69) is 89.3 Å². The first-order chi connectivity index (χ1) is 23.5. The van der Waals surface area contributed by atoms with Crippen LogP contribution in [0, 0.1) is 31.6 Å². The zero-order valence-electron chi connectivity index (χ0n) is 25.6. The van der Waals surface area contributed by atoms with E-state index in [1.54, 1.807) is 6.07 Å². The Labute approximate surface area is 348 Å². The third kappa shape index (κ3) is 28.5. The molecule has 2 aromatic carbocycles. The van der Waals surface area contributed by atoms with Crippen molar-refractivity contribution in [3.05, 3.63) is 56.6 Å². The number of nitro benzene ring substituents is 2. The van der Waals surface area contributed by atoms with E-state index in [9.17, 15) is 56.2 Å². The average molecular weight is 1350 g/mol. The van der Waals surface area contributed by atoms with Gasteiger partial charge >= 0.3 is 62.4 Å². The second-order valence-electron chi connectivity index (χ2n) is 7.62. The van der Waals surface area contributed by atoms with E-state index >= 15 is 0 Å². The quantitative estimate of drug-likeness (QED) is 0.0404. The third-order valence-electron chi connectivity index (χ3n) is 4.29. The zero-order chi connectivity index (χ0) is 41.1. The number of carbonyl (C=O) groups is 4. The molecule has 0 aliphatic rings. The number of nitrogens with zero attached hydrogens (tertiary/aromatic N) is 3. The number of nitro groups is 2. The molecule has 1 amide bonds. The van der Waals surface area contributed by atoms with Crippen molar-refractivity contribution in [3.8, 4) is 6.07 Å². The van der Waals surface area contributed by atoms with Gasteiger partial charge in [-0.05, 0) is 23.7 Å². The fourth-order valence-electron chi connectivity index (χ4n) is 2.41. The molecule has 2 aromatic rings. The monoisotopic (exact) mass is 1350 g/mol. The largest absolute Gasteiger partial charge is 0.398 e. The molecule has 0 atom stereocenters. The van der Waals surface area contributed by atoms with Gasteiger partial charge in [0.05, 0.1) is 41.5 Å². The predicted octanol–water partition coefficient (Wildman–Crippen LogP) is 1.56. The van der Waals surface area contributed by atoms with E-state index < -0.39 is 80.7 Å². The number of nitriles is 1. The summed E-state index contributed by atoms with van der Waals surface area (Å²) in [6.45, 7) is 1.43. The van der Waals surface area contributed by atoms with Crippen molar-refractivity contribution < 1.29 is 73.1 Å². The maximum Gasteiger partial charge on any atom is 0.296 e. The molecule has 0 aliphatic heterocycles. The number of benzene rings is 2. The average Bonchev–Trinajstić information content (AvgIpc) is 3.02. The summed E-state index contributed by atoms with van der Waals surface area (Å²) in [7, 11) is -6.55. The predicted molar refractivity (Wildman–Crippen MR) is 212 cm³/mol. The van der Waals surface area contributed by atoms with Crippen LogP contribution in [0.1, 0.15) is 19.8 Å². The van der Waals surface area contributed by atoms with Gasteiger partial charge in [-0.25, -0.2) is 13.6 Å². The van der Waals surface area contributed by atoms with Crippen molar-refractivity contribution in [2.45, 2.75) is 29.6 Å². The molecule has 6 N–H and O–H groups in total. The van der Waals surface area contributed by atoms with Crippen molar-refractivity contribution in [2.75, 3.05) is 25.3 Å². The molecule has 288 valence electrons. The molecular formula is C22H25ClI5N6O15S2-. The van der Waals surface area contributed by atoms with E-state index in [4.69, 9.17) is 32.3 Å². The Morgan fingerprint density at radius 3 is 1.63 bits per heavy atom. The Morgan fingerprint density at radius 1 is 0.941 bits per heavy atom. The van der Waals surface area contributed by atoms with Crippen molar-refractivity contribution in [2.24, 2.45) is 5.14 Å². The molecule has 0 aliphatic carbocycles. The number of amides is 1. The molecule has 0 radical (unpaired) electrons. The Balaban J connectivity index is -0.000000316. The molecule has 0 saturated carbocycles. The van der Waals surface area contributed by atoms with E-state index in [-0.39, 0.29) is 17.8 Å². The van der Waals surface area contributed by atoms with Gasteiger partial charge in [-0.2, -0.15) is 13.7 Å². The molecular weight excluding hydrogens is 1320 g/mol. The Morgan fingerprint density at radius 2 is 1.31 bits per heavy atom. The van der Waals surface area contributed by atoms with Crippen molar-refractivity contribution in [1.82, 2.24) is 0 Å². The van der Waals surface area contributed by atoms with E-state index in [0.29, 0.717) is 25.4 Å². The minimum atomic E-state index is -4.52. The molecule has 0 aromatic heterocycles. The second-order valence-corrected chi connectivity index (χ2v) is 27.2. The van der Waals surface area contributed by atoms with Crippen LogP contribution in [-0.2, 0) is 48.8 Å². The number of nitrogen functional groups attached to an aromatic ring is 1. The number of nitrogens with one attached hydrogen (secondary N) is 1. The molecule has 0 spiro atoms. The van der Waals surface area contributed by atoms with Crippen LogP contribution in [0.2, 0.25) is 0 Å². The Hall–Kier alpha value is -1.63. The normalized spacial score (nSPS) is 9.51. The molecule has 29 heteroatoms. The number of carbonyl (C=O) groups excluding carboxylic acids is 4. The minimum absolute atomic E-state index is 0.238. The second kappa shape index (κ2) is 30.8. The van der Waals surface area contributed by atoms with Gasteiger partial charge in [-0.15, -0.1) is 0 Å². The number of rotatable bonds is 9. The summed E-state index contributed by atoms with van der Waals surface area (Å²) >= 11 is 14.4. The van der Waals surface area contributed by atoms with E-state index in [0.717, 1.165) is 31.4 Å². The number of halogens is 6. The number of primary sulfonamides is 1. The molecule has 2 rings (SSSR count).